The topological polar surface area (TPSA) is 12.0 Å². The number of aryl methyl sites for hydroxylation is 2. The smallest absolute Gasteiger partial charge is 0.0219 e. The summed E-state index contributed by atoms with van der Waals surface area (Å²) in [5, 5.41) is 3.63. The van der Waals surface area contributed by atoms with E-state index in [1.54, 1.807) is 0 Å². The van der Waals surface area contributed by atoms with Gasteiger partial charge in [-0.1, -0.05) is 6.92 Å². The molecule has 0 amide bonds. The van der Waals surface area contributed by atoms with Gasteiger partial charge in [-0.25, -0.2) is 0 Å². The van der Waals surface area contributed by atoms with Crippen LogP contribution in [0, 0.1) is 19.8 Å². The third-order valence-electron chi connectivity index (χ3n) is 3.10. The molecule has 0 saturated heterocycles. The van der Waals surface area contributed by atoms with Gasteiger partial charge in [0.15, 0.2) is 0 Å². The molecule has 0 spiro atoms. The summed E-state index contributed by atoms with van der Waals surface area (Å²) in [6.45, 7) is 7.80. The average molecular weight is 209 g/mol. The van der Waals surface area contributed by atoms with Gasteiger partial charge in [0, 0.05) is 22.3 Å². The van der Waals surface area contributed by atoms with E-state index in [1.165, 1.54) is 28.2 Å². The molecule has 78 valence electrons. The van der Waals surface area contributed by atoms with E-state index in [-0.39, 0.29) is 0 Å². The molecular formula is C12H19NS. The summed E-state index contributed by atoms with van der Waals surface area (Å²) in [6, 6.07) is 3.10. The predicted molar refractivity (Wildman–Crippen MR) is 62.8 cm³/mol. The van der Waals surface area contributed by atoms with Gasteiger partial charge < -0.3 is 5.32 Å². The van der Waals surface area contributed by atoms with Crippen LogP contribution in [0.3, 0.4) is 0 Å². The first kappa shape index (κ1) is 10.2. The van der Waals surface area contributed by atoms with Gasteiger partial charge in [-0.15, -0.1) is 11.3 Å². The minimum absolute atomic E-state index is 0.782. The van der Waals surface area contributed by atoms with Crippen molar-refractivity contribution in [2.24, 2.45) is 5.92 Å². The van der Waals surface area contributed by atoms with Crippen LogP contribution in [0.15, 0.2) is 6.07 Å². The van der Waals surface area contributed by atoms with Crippen LogP contribution in [-0.4, -0.2) is 6.04 Å². The molecule has 1 fully saturated rings. The fourth-order valence-corrected chi connectivity index (χ4v) is 3.13. The molecular weight excluding hydrogens is 190 g/mol. The van der Waals surface area contributed by atoms with Gasteiger partial charge in [0.25, 0.3) is 0 Å². The Bertz CT molecular complexity index is 310. The highest BCUT2D eigenvalue weighted by molar-refractivity contribution is 7.12. The zero-order chi connectivity index (χ0) is 10.1. The SMILES string of the molecule is Cc1cc(CNC2CC(C)C2)c(C)s1. The fraction of sp³-hybridized carbons (Fsp3) is 0.667. The van der Waals surface area contributed by atoms with Crippen molar-refractivity contribution in [2.75, 3.05) is 0 Å². The van der Waals surface area contributed by atoms with E-state index in [1.807, 2.05) is 11.3 Å². The second-order valence-electron chi connectivity index (χ2n) is 4.59. The van der Waals surface area contributed by atoms with E-state index in [0.717, 1.165) is 18.5 Å². The molecule has 0 aromatic carbocycles. The number of nitrogens with one attached hydrogen (secondary N) is 1. The van der Waals surface area contributed by atoms with Gasteiger partial charge in [0.2, 0.25) is 0 Å². The Balaban J connectivity index is 1.83. The number of rotatable bonds is 3. The van der Waals surface area contributed by atoms with Crippen LogP contribution in [0.5, 0.6) is 0 Å². The molecule has 1 N–H and O–H groups in total. The van der Waals surface area contributed by atoms with Gasteiger partial charge in [-0.3, -0.25) is 0 Å². The Labute approximate surface area is 90.5 Å². The molecule has 1 saturated carbocycles. The van der Waals surface area contributed by atoms with Crippen LogP contribution in [0.2, 0.25) is 0 Å². The molecule has 1 aliphatic rings. The highest BCUT2D eigenvalue weighted by atomic mass is 32.1. The van der Waals surface area contributed by atoms with Crippen molar-refractivity contribution in [3.63, 3.8) is 0 Å². The van der Waals surface area contributed by atoms with Crippen molar-refractivity contribution in [1.29, 1.82) is 0 Å². The summed E-state index contributed by atoms with van der Waals surface area (Å²) in [5.74, 6) is 0.942. The normalized spacial score (nSPS) is 26.2. The predicted octanol–water partition coefficient (Wildman–Crippen LogP) is 3.25. The molecule has 1 heterocycles. The van der Waals surface area contributed by atoms with Gasteiger partial charge in [-0.2, -0.15) is 0 Å². The van der Waals surface area contributed by atoms with E-state index in [4.69, 9.17) is 0 Å². The number of hydrogen-bond donors (Lipinski definition) is 1. The molecule has 0 radical (unpaired) electrons. The monoisotopic (exact) mass is 209 g/mol. The third kappa shape index (κ3) is 2.18. The molecule has 0 aliphatic heterocycles. The van der Waals surface area contributed by atoms with Crippen LogP contribution < -0.4 is 5.32 Å². The summed E-state index contributed by atoms with van der Waals surface area (Å²) in [6.07, 6.45) is 2.73. The first-order valence-electron chi connectivity index (χ1n) is 5.44. The van der Waals surface area contributed by atoms with Gasteiger partial charge in [0.05, 0.1) is 0 Å². The van der Waals surface area contributed by atoms with Crippen molar-refractivity contribution in [3.8, 4) is 0 Å². The van der Waals surface area contributed by atoms with Crippen LogP contribution in [-0.2, 0) is 6.54 Å². The fourth-order valence-electron chi connectivity index (χ4n) is 2.18. The van der Waals surface area contributed by atoms with E-state index >= 15 is 0 Å². The largest absolute Gasteiger partial charge is 0.310 e. The summed E-state index contributed by atoms with van der Waals surface area (Å²) in [5.41, 5.74) is 1.49. The molecule has 0 unspecified atom stereocenters. The van der Waals surface area contributed by atoms with Crippen LogP contribution in [0.4, 0.5) is 0 Å². The Morgan fingerprint density at radius 2 is 2.14 bits per heavy atom. The average Bonchev–Trinajstić information content (AvgIpc) is 2.37. The molecule has 0 bridgehead atoms. The third-order valence-corrected chi connectivity index (χ3v) is 4.11. The molecule has 1 aliphatic carbocycles. The molecule has 14 heavy (non-hydrogen) atoms. The van der Waals surface area contributed by atoms with E-state index in [2.05, 4.69) is 32.2 Å². The van der Waals surface area contributed by atoms with Crippen molar-refractivity contribution in [3.05, 3.63) is 21.4 Å². The van der Waals surface area contributed by atoms with Crippen LogP contribution in [0.1, 0.15) is 35.1 Å². The zero-order valence-corrected chi connectivity index (χ0v) is 10.1. The van der Waals surface area contributed by atoms with Crippen molar-refractivity contribution < 1.29 is 0 Å². The van der Waals surface area contributed by atoms with Crippen molar-refractivity contribution in [1.82, 2.24) is 5.32 Å². The summed E-state index contributed by atoms with van der Waals surface area (Å²) >= 11 is 1.91. The quantitative estimate of drug-likeness (QED) is 0.805. The van der Waals surface area contributed by atoms with Gasteiger partial charge in [-0.05, 0) is 44.2 Å². The maximum atomic E-state index is 3.63. The Hall–Kier alpha value is -0.340. The lowest BCUT2D eigenvalue weighted by molar-refractivity contribution is 0.240. The lowest BCUT2D eigenvalue weighted by Gasteiger charge is -2.33. The second-order valence-corrected chi connectivity index (χ2v) is 6.05. The minimum Gasteiger partial charge on any atom is -0.310 e. The zero-order valence-electron chi connectivity index (χ0n) is 9.26. The Kier molecular flexibility index (Phi) is 2.93. The summed E-state index contributed by atoms with van der Waals surface area (Å²) in [4.78, 5) is 2.91. The Morgan fingerprint density at radius 1 is 1.43 bits per heavy atom. The highest BCUT2D eigenvalue weighted by Gasteiger charge is 2.24. The first-order chi connectivity index (χ1) is 6.65. The molecule has 1 aromatic heterocycles. The lowest BCUT2D eigenvalue weighted by Crippen LogP contribution is -2.39. The number of hydrogen-bond acceptors (Lipinski definition) is 2. The maximum absolute atomic E-state index is 3.63. The molecule has 2 heteroatoms. The summed E-state index contributed by atoms with van der Waals surface area (Å²) in [7, 11) is 0. The lowest BCUT2D eigenvalue weighted by atomic mass is 9.82. The standard InChI is InChI=1S/C12H19NS/c1-8-4-12(5-8)13-7-11-6-9(2)14-10(11)3/h6,8,12-13H,4-5,7H2,1-3H3. The van der Waals surface area contributed by atoms with Crippen molar-refractivity contribution >= 4 is 11.3 Å². The molecule has 0 atom stereocenters. The first-order valence-corrected chi connectivity index (χ1v) is 6.26. The second kappa shape index (κ2) is 4.03. The van der Waals surface area contributed by atoms with Crippen LogP contribution >= 0.6 is 11.3 Å². The number of thiophene rings is 1. The molecule has 1 aromatic rings. The van der Waals surface area contributed by atoms with E-state index < -0.39 is 0 Å². The molecule has 1 nitrogen and oxygen atoms in total. The van der Waals surface area contributed by atoms with Crippen LogP contribution in [0.25, 0.3) is 0 Å². The van der Waals surface area contributed by atoms with E-state index in [9.17, 15) is 0 Å². The van der Waals surface area contributed by atoms with E-state index in [0.29, 0.717) is 0 Å². The summed E-state index contributed by atoms with van der Waals surface area (Å²) < 4.78 is 0. The van der Waals surface area contributed by atoms with Gasteiger partial charge in [0.1, 0.15) is 0 Å². The van der Waals surface area contributed by atoms with Gasteiger partial charge >= 0.3 is 0 Å². The highest BCUT2D eigenvalue weighted by Crippen LogP contribution is 2.27. The maximum Gasteiger partial charge on any atom is 0.0219 e. The minimum atomic E-state index is 0.782. The van der Waals surface area contributed by atoms with Crippen molar-refractivity contribution in [2.45, 2.75) is 46.2 Å². The molecule has 2 rings (SSSR count). The Morgan fingerprint density at radius 3 is 2.64 bits per heavy atom.